The first-order chi connectivity index (χ1) is 10.2. The largest absolute Gasteiger partial charge is 0.370 e. The maximum Gasteiger partial charge on any atom is 0.251 e. The predicted octanol–water partition coefficient (Wildman–Crippen LogP) is 3.48. The van der Waals surface area contributed by atoms with Crippen LogP contribution in [0, 0.1) is 6.92 Å². The monoisotopic (exact) mass is 309 g/mol. The zero-order chi connectivity index (χ0) is 15.5. The second-order valence-corrected chi connectivity index (χ2v) is 6.10. The molecular formula is C16H27N3OS. The van der Waals surface area contributed by atoms with Crippen LogP contribution >= 0.6 is 11.8 Å². The van der Waals surface area contributed by atoms with Crippen LogP contribution in [-0.4, -0.2) is 36.0 Å². The van der Waals surface area contributed by atoms with Crippen molar-refractivity contribution in [2.24, 2.45) is 0 Å². The number of unbranched alkanes of at least 4 members (excludes halogenated alkanes) is 2. The lowest BCUT2D eigenvalue weighted by Crippen LogP contribution is -2.24. The Kier molecular flexibility index (Phi) is 8.90. The second-order valence-electron chi connectivity index (χ2n) is 5.12. The molecule has 1 aromatic heterocycles. The number of amides is 1. The molecule has 1 rings (SSSR count). The molecule has 118 valence electrons. The van der Waals surface area contributed by atoms with E-state index in [1.807, 2.05) is 30.8 Å². The van der Waals surface area contributed by atoms with Gasteiger partial charge in [0.1, 0.15) is 5.82 Å². The van der Waals surface area contributed by atoms with Gasteiger partial charge in [0.05, 0.1) is 0 Å². The SMILES string of the molecule is CCCNc1cc(C(=O)NCCCCCSC)cc(C)n1. The second kappa shape index (κ2) is 10.5. The van der Waals surface area contributed by atoms with Gasteiger partial charge in [-0.05, 0) is 50.3 Å². The van der Waals surface area contributed by atoms with Crippen LogP contribution in [0.4, 0.5) is 5.82 Å². The van der Waals surface area contributed by atoms with Gasteiger partial charge in [-0.1, -0.05) is 13.3 Å². The summed E-state index contributed by atoms with van der Waals surface area (Å²) in [4.78, 5) is 16.5. The summed E-state index contributed by atoms with van der Waals surface area (Å²) in [6, 6.07) is 3.66. The van der Waals surface area contributed by atoms with Gasteiger partial charge in [-0.3, -0.25) is 4.79 Å². The summed E-state index contributed by atoms with van der Waals surface area (Å²) in [6.45, 7) is 5.63. The Balaban J connectivity index is 2.44. The van der Waals surface area contributed by atoms with E-state index in [4.69, 9.17) is 0 Å². The lowest BCUT2D eigenvalue weighted by molar-refractivity contribution is 0.0953. The molecule has 21 heavy (non-hydrogen) atoms. The molecule has 0 saturated carbocycles. The average Bonchev–Trinajstić information content (AvgIpc) is 2.48. The molecular weight excluding hydrogens is 282 g/mol. The minimum atomic E-state index is -0.00934. The molecule has 1 amide bonds. The molecule has 4 nitrogen and oxygen atoms in total. The van der Waals surface area contributed by atoms with Crippen LogP contribution in [0.2, 0.25) is 0 Å². The van der Waals surface area contributed by atoms with Crippen molar-refractivity contribution in [1.82, 2.24) is 10.3 Å². The number of anilines is 1. The van der Waals surface area contributed by atoms with E-state index in [2.05, 4.69) is 28.8 Å². The van der Waals surface area contributed by atoms with E-state index in [1.165, 1.54) is 18.6 Å². The molecule has 0 saturated heterocycles. The fraction of sp³-hybridized carbons (Fsp3) is 0.625. The van der Waals surface area contributed by atoms with Crippen molar-refractivity contribution in [1.29, 1.82) is 0 Å². The smallest absolute Gasteiger partial charge is 0.251 e. The number of hydrogen-bond acceptors (Lipinski definition) is 4. The summed E-state index contributed by atoms with van der Waals surface area (Å²) < 4.78 is 0. The third-order valence-corrected chi connectivity index (χ3v) is 3.78. The molecule has 0 aliphatic heterocycles. The Bertz CT molecular complexity index is 438. The van der Waals surface area contributed by atoms with Gasteiger partial charge in [0, 0.05) is 24.3 Å². The van der Waals surface area contributed by atoms with Gasteiger partial charge >= 0.3 is 0 Å². The van der Waals surface area contributed by atoms with Crippen LogP contribution in [0.5, 0.6) is 0 Å². The fourth-order valence-corrected chi connectivity index (χ4v) is 2.49. The first kappa shape index (κ1) is 17.8. The first-order valence-electron chi connectivity index (χ1n) is 7.67. The topological polar surface area (TPSA) is 54.0 Å². The molecule has 0 fully saturated rings. The van der Waals surface area contributed by atoms with Crippen LogP contribution in [0.15, 0.2) is 12.1 Å². The number of aryl methyl sites for hydroxylation is 1. The highest BCUT2D eigenvalue weighted by Crippen LogP contribution is 2.10. The van der Waals surface area contributed by atoms with Gasteiger partial charge in [-0.25, -0.2) is 4.98 Å². The van der Waals surface area contributed by atoms with E-state index in [-0.39, 0.29) is 5.91 Å². The molecule has 0 spiro atoms. The summed E-state index contributed by atoms with van der Waals surface area (Å²) in [5.41, 5.74) is 1.55. The lowest BCUT2D eigenvalue weighted by Gasteiger charge is -2.09. The normalized spacial score (nSPS) is 10.4. The number of thioether (sulfide) groups is 1. The fourth-order valence-electron chi connectivity index (χ4n) is 2.00. The standard InChI is InChI=1S/C16H27N3OS/c1-4-8-17-15-12-14(11-13(2)19-15)16(20)18-9-6-5-7-10-21-3/h11-12H,4-10H2,1-3H3,(H,17,19)(H,18,20). The van der Waals surface area contributed by atoms with Crippen LogP contribution in [0.1, 0.15) is 48.7 Å². The molecule has 5 heteroatoms. The molecule has 0 unspecified atom stereocenters. The van der Waals surface area contributed by atoms with Crippen LogP contribution in [0.25, 0.3) is 0 Å². The molecule has 0 aliphatic rings. The van der Waals surface area contributed by atoms with Crippen molar-refractivity contribution in [2.45, 2.75) is 39.5 Å². The zero-order valence-electron chi connectivity index (χ0n) is 13.4. The van der Waals surface area contributed by atoms with E-state index in [1.54, 1.807) is 0 Å². The van der Waals surface area contributed by atoms with Gasteiger partial charge in [-0.15, -0.1) is 0 Å². The minimum absolute atomic E-state index is 0.00934. The van der Waals surface area contributed by atoms with Crippen molar-refractivity contribution in [3.8, 4) is 0 Å². The average molecular weight is 309 g/mol. The molecule has 1 aromatic rings. The summed E-state index contributed by atoms with van der Waals surface area (Å²) in [7, 11) is 0. The van der Waals surface area contributed by atoms with E-state index >= 15 is 0 Å². The Hall–Kier alpha value is -1.23. The van der Waals surface area contributed by atoms with E-state index in [9.17, 15) is 4.79 Å². The number of aromatic nitrogens is 1. The summed E-state index contributed by atoms with van der Waals surface area (Å²) in [5.74, 6) is 1.97. The van der Waals surface area contributed by atoms with Crippen molar-refractivity contribution < 1.29 is 4.79 Å². The highest BCUT2D eigenvalue weighted by Gasteiger charge is 2.08. The van der Waals surface area contributed by atoms with Gasteiger partial charge in [0.15, 0.2) is 0 Å². The maximum absolute atomic E-state index is 12.1. The summed E-state index contributed by atoms with van der Waals surface area (Å²) >= 11 is 1.87. The number of carbonyl (C=O) groups is 1. The highest BCUT2D eigenvalue weighted by molar-refractivity contribution is 7.98. The van der Waals surface area contributed by atoms with E-state index in [0.29, 0.717) is 5.56 Å². The van der Waals surface area contributed by atoms with Crippen LogP contribution in [0.3, 0.4) is 0 Å². The summed E-state index contributed by atoms with van der Waals surface area (Å²) in [6.07, 6.45) is 6.58. The third-order valence-electron chi connectivity index (χ3n) is 3.08. The minimum Gasteiger partial charge on any atom is -0.370 e. The third kappa shape index (κ3) is 7.37. The number of nitrogens with one attached hydrogen (secondary N) is 2. The number of nitrogens with zero attached hydrogens (tertiary/aromatic N) is 1. The van der Waals surface area contributed by atoms with Gasteiger partial charge in [-0.2, -0.15) is 11.8 Å². The van der Waals surface area contributed by atoms with Crippen LogP contribution < -0.4 is 10.6 Å². The van der Waals surface area contributed by atoms with Gasteiger partial charge in [0.25, 0.3) is 5.91 Å². The molecule has 1 heterocycles. The number of rotatable bonds is 10. The van der Waals surface area contributed by atoms with Gasteiger partial charge in [0.2, 0.25) is 0 Å². The molecule has 0 aliphatic carbocycles. The molecule has 2 N–H and O–H groups in total. The molecule has 0 atom stereocenters. The maximum atomic E-state index is 12.1. The number of carbonyl (C=O) groups excluding carboxylic acids is 1. The Labute approximate surface area is 132 Å². The van der Waals surface area contributed by atoms with Crippen molar-refractivity contribution in [3.63, 3.8) is 0 Å². The number of hydrogen-bond donors (Lipinski definition) is 2. The Morgan fingerprint density at radius 3 is 2.76 bits per heavy atom. The zero-order valence-corrected chi connectivity index (χ0v) is 14.2. The Morgan fingerprint density at radius 1 is 1.24 bits per heavy atom. The highest BCUT2D eigenvalue weighted by atomic mass is 32.2. The predicted molar refractivity (Wildman–Crippen MR) is 92.3 cm³/mol. The Morgan fingerprint density at radius 2 is 2.05 bits per heavy atom. The van der Waals surface area contributed by atoms with E-state index in [0.717, 1.165) is 37.4 Å². The molecule has 0 aromatic carbocycles. The van der Waals surface area contributed by atoms with Crippen molar-refractivity contribution >= 4 is 23.5 Å². The molecule has 0 radical (unpaired) electrons. The first-order valence-corrected chi connectivity index (χ1v) is 9.06. The number of pyridine rings is 1. The van der Waals surface area contributed by atoms with E-state index < -0.39 is 0 Å². The molecule has 0 bridgehead atoms. The van der Waals surface area contributed by atoms with Crippen LogP contribution in [-0.2, 0) is 0 Å². The van der Waals surface area contributed by atoms with Gasteiger partial charge < -0.3 is 10.6 Å². The van der Waals surface area contributed by atoms with Crippen molar-refractivity contribution in [3.05, 3.63) is 23.4 Å². The van der Waals surface area contributed by atoms with Crippen molar-refractivity contribution in [2.75, 3.05) is 30.4 Å². The quantitative estimate of drug-likeness (QED) is 0.650. The lowest BCUT2D eigenvalue weighted by atomic mass is 10.2. The summed E-state index contributed by atoms with van der Waals surface area (Å²) in [5, 5.41) is 6.21.